The second-order valence-corrected chi connectivity index (χ2v) is 1.49. The molecule has 18 heavy (non-hydrogen) atoms. The molecule has 0 spiro atoms. The average Bonchev–Trinajstić information content (AvgIpc) is 2.24. The van der Waals surface area contributed by atoms with Crippen LogP contribution < -0.4 is 0 Å². The Kier molecular flexibility index (Phi) is 229. The number of rotatable bonds is 2. The molecule has 0 rings (SSSR count). The summed E-state index contributed by atoms with van der Waals surface area (Å²) < 4.78 is 0. The maximum Gasteiger partial charge on any atom is 0.303 e. The average molecular weight is 270 g/mol. The van der Waals surface area contributed by atoms with Gasteiger partial charge >= 0.3 is 11.9 Å². The van der Waals surface area contributed by atoms with Crippen LogP contribution in [-0.2, 0) is 9.59 Å². The van der Waals surface area contributed by atoms with Gasteiger partial charge in [-0.05, 0) is 0 Å². The molecule has 0 aliphatic carbocycles. The Balaban J connectivity index is -0.0000000123. The lowest BCUT2D eigenvalue weighted by Gasteiger charge is -1.71. The third-order valence-electron chi connectivity index (χ3n) is 0.605. The van der Waals surface area contributed by atoms with Crippen LogP contribution in [0.2, 0.25) is 0 Å². The molecule has 0 amide bonds. The van der Waals surface area contributed by atoms with Gasteiger partial charge in [-0.3, -0.25) is 9.59 Å². The number of carboxylic acid groups (broad SMARTS) is 2. The van der Waals surface area contributed by atoms with Crippen molar-refractivity contribution in [1.82, 2.24) is 0 Å². The van der Waals surface area contributed by atoms with E-state index in [-0.39, 0.29) is 42.5 Å². The zero-order valence-electron chi connectivity index (χ0n) is 9.54. The monoisotopic (exact) mass is 270 g/mol. The van der Waals surface area contributed by atoms with Gasteiger partial charge in [0, 0.05) is 12.8 Å². The Morgan fingerprint density at radius 2 is 0.833 bits per heavy atom. The van der Waals surface area contributed by atoms with Crippen LogP contribution in [0.3, 0.4) is 0 Å². The first kappa shape index (κ1) is 54.4. The van der Waals surface area contributed by atoms with Crippen LogP contribution in [0.5, 0.6) is 0 Å². The molecule has 0 aromatic rings. The van der Waals surface area contributed by atoms with Gasteiger partial charge in [-0.1, -0.05) is 57.4 Å². The Hall–Kier alpha value is -1.32. The number of hydrogen-bond donors (Lipinski definition) is 2. The summed E-state index contributed by atoms with van der Waals surface area (Å²) in [5.41, 5.74) is 0. The minimum atomic E-state index is -0.745. The highest BCUT2D eigenvalue weighted by molar-refractivity contribution is 5.66. The molecule has 2 N–H and O–H groups in total. The first-order valence-electron chi connectivity index (χ1n) is 4.48. The molecule has 0 saturated heterocycles. The van der Waals surface area contributed by atoms with Crippen molar-refractivity contribution in [2.24, 2.45) is 0 Å². The van der Waals surface area contributed by atoms with Crippen molar-refractivity contribution in [3.63, 3.8) is 0 Å². The summed E-state index contributed by atoms with van der Waals surface area (Å²) in [4.78, 5) is 18.7. The molecule has 0 aliphatic heterocycles. The molecule has 4 nitrogen and oxygen atoms in total. The fourth-order valence-electron chi connectivity index (χ4n) is 0. The lowest BCUT2D eigenvalue weighted by molar-refractivity contribution is -0.137. The van der Waals surface area contributed by atoms with E-state index in [0.29, 0.717) is 0 Å². The van der Waals surface area contributed by atoms with Crippen molar-refractivity contribution in [3.05, 3.63) is 13.2 Å². The van der Waals surface area contributed by atoms with Crippen LogP contribution in [-0.4, -0.2) is 22.2 Å². The summed E-state index contributed by atoms with van der Waals surface area (Å²) in [6, 6.07) is 0. The van der Waals surface area contributed by atoms with Crippen LogP contribution >= 0.6 is 0 Å². The summed E-state index contributed by atoms with van der Waals surface area (Å²) in [5, 5.41) is 15.4. The highest BCUT2D eigenvalue weighted by atomic mass is 16.4. The quantitative estimate of drug-likeness (QED) is 0.664. The van der Waals surface area contributed by atoms with Crippen molar-refractivity contribution in [2.45, 2.75) is 70.2 Å². The topological polar surface area (TPSA) is 74.6 Å². The van der Waals surface area contributed by atoms with Crippen LogP contribution in [0.15, 0.2) is 13.2 Å². The maximum absolute atomic E-state index is 9.37. The van der Waals surface area contributed by atoms with Crippen molar-refractivity contribution >= 4 is 11.9 Å². The largest absolute Gasteiger partial charge is 0.481 e. The van der Waals surface area contributed by atoms with Gasteiger partial charge in [-0.2, -0.15) is 0 Å². The van der Waals surface area contributed by atoms with Gasteiger partial charge < -0.3 is 10.2 Å². The smallest absolute Gasteiger partial charge is 0.303 e. The maximum atomic E-state index is 9.37. The fraction of sp³-hybridized carbons (Fsp3) is 0.714. The van der Waals surface area contributed by atoms with Gasteiger partial charge in [0.2, 0.25) is 0 Å². The van der Waals surface area contributed by atoms with Gasteiger partial charge in [0.05, 0.1) is 0 Å². The second-order valence-electron chi connectivity index (χ2n) is 1.49. The van der Waals surface area contributed by atoms with Crippen molar-refractivity contribution in [1.29, 1.82) is 0 Å². The lowest BCUT2D eigenvalue weighted by atomic mass is 10.5. The number of carbonyl (C=O) groups is 2. The summed E-state index contributed by atoms with van der Waals surface area (Å²) in [6.07, 6.45) is 0.444. The third kappa shape index (κ3) is 382. The van der Waals surface area contributed by atoms with Gasteiger partial charge in [-0.15, -0.1) is 13.2 Å². The molecule has 0 saturated carbocycles. The molecule has 4 heteroatoms. The van der Waals surface area contributed by atoms with Crippen LogP contribution in [0.4, 0.5) is 0 Å². The van der Waals surface area contributed by atoms with Crippen molar-refractivity contribution in [2.75, 3.05) is 0 Å². The standard InChI is InChI=1S/2C3H6O2.C2H6.C2H4.4CH4/c2*1-2-3(4)5;2*1-2;;;;/h2*2H2,1H3,(H,4,5);1-2H3;1-2H2;4*1H4. The zero-order valence-corrected chi connectivity index (χ0v) is 9.54. The molecule has 0 heterocycles. The Bertz CT molecular complexity index is 109. The van der Waals surface area contributed by atoms with E-state index in [9.17, 15) is 9.59 Å². The van der Waals surface area contributed by atoms with Crippen LogP contribution in [0.25, 0.3) is 0 Å². The molecule has 118 valence electrons. The third-order valence-corrected chi connectivity index (χ3v) is 0.605. The predicted molar refractivity (Wildman–Crippen MR) is 85.4 cm³/mol. The Morgan fingerprint density at radius 1 is 0.778 bits per heavy atom. The van der Waals surface area contributed by atoms with Gasteiger partial charge in [0.25, 0.3) is 0 Å². The summed E-state index contributed by atoms with van der Waals surface area (Å²) in [6.45, 7) is 13.2. The molecule has 0 unspecified atom stereocenters. The minimum absolute atomic E-state index is 0. The van der Waals surface area contributed by atoms with E-state index in [1.54, 1.807) is 13.8 Å². The molecule has 0 radical (unpaired) electrons. The predicted octanol–water partition coefficient (Wildman–Crippen LogP) is 5.33. The first-order chi connectivity index (χ1) is 6.54. The van der Waals surface area contributed by atoms with E-state index >= 15 is 0 Å². The van der Waals surface area contributed by atoms with E-state index in [1.165, 1.54) is 0 Å². The molecule has 0 aliphatic rings. The van der Waals surface area contributed by atoms with Gasteiger partial charge in [0.1, 0.15) is 0 Å². The van der Waals surface area contributed by atoms with E-state index in [0.717, 1.165) is 0 Å². The fourth-order valence-corrected chi connectivity index (χ4v) is 0. The van der Waals surface area contributed by atoms with Gasteiger partial charge in [-0.25, -0.2) is 0 Å². The van der Waals surface area contributed by atoms with E-state index < -0.39 is 11.9 Å². The molecular formula is C14H38O4. The summed E-state index contributed by atoms with van der Waals surface area (Å²) in [5.74, 6) is -1.49. The molecule has 0 aromatic carbocycles. The first-order valence-corrected chi connectivity index (χ1v) is 4.48. The normalized spacial score (nSPS) is 4.67. The SMILES string of the molecule is C.C.C.C.C=C.CC.CCC(=O)O.CCC(=O)O. The van der Waals surface area contributed by atoms with Crippen molar-refractivity contribution in [3.8, 4) is 0 Å². The van der Waals surface area contributed by atoms with Crippen LogP contribution in [0, 0.1) is 0 Å². The second kappa shape index (κ2) is 75.7. The molecule has 0 fully saturated rings. The number of hydrogen-bond acceptors (Lipinski definition) is 2. The van der Waals surface area contributed by atoms with E-state index in [4.69, 9.17) is 10.2 Å². The van der Waals surface area contributed by atoms with Gasteiger partial charge in [0.15, 0.2) is 0 Å². The van der Waals surface area contributed by atoms with Crippen molar-refractivity contribution < 1.29 is 19.8 Å². The molecule has 0 atom stereocenters. The minimum Gasteiger partial charge on any atom is -0.481 e. The van der Waals surface area contributed by atoms with E-state index in [2.05, 4.69) is 13.2 Å². The van der Waals surface area contributed by atoms with E-state index in [1.807, 2.05) is 13.8 Å². The highest BCUT2D eigenvalue weighted by Crippen LogP contribution is 1.67. The summed E-state index contributed by atoms with van der Waals surface area (Å²) in [7, 11) is 0. The molecule has 0 bridgehead atoms. The lowest BCUT2D eigenvalue weighted by Crippen LogP contribution is -1.86. The number of aliphatic carboxylic acids is 2. The Labute approximate surface area is 116 Å². The molecule has 0 aromatic heterocycles. The van der Waals surface area contributed by atoms with Crippen LogP contribution in [0.1, 0.15) is 70.2 Å². The number of carboxylic acids is 2. The Morgan fingerprint density at radius 3 is 0.833 bits per heavy atom. The highest BCUT2D eigenvalue weighted by Gasteiger charge is 1.81. The molecular weight excluding hydrogens is 232 g/mol. The summed E-state index contributed by atoms with van der Waals surface area (Å²) >= 11 is 0. The zero-order chi connectivity index (χ0) is 12.6.